The van der Waals surface area contributed by atoms with Crippen LogP contribution in [0.15, 0.2) is 30.3 Å². The quantitative estimate of drug-likeness (QED) is 0.638. The van der Waals surface area contributed by atoms with E-state index < -0.39 is 5.54 Å². The fourth-order valence-electron chi connectivity index (χ4n) is 3.56. The molecular formula is C21H32N2O4. The van der Waals surface area contributed by atoms with Crippen LogP contribution in [0.1, 0.15) is 46.0 Å². The zero-order valence-electron chi connectivity index (χ0n) is 16.5. The number of nitrogens with one attached hydrogen (secondary N) is 1. The summed E-state index contributed by atoms with van der Waals surface area (Å²) in [4.78, 5) is 27.2. The zero-order chi connectivity index (χ0) is 19.5. The Labute approximate surface area is 162 Å². The highest BCUT2D eigenvalue weighted by molar-refractivity contribution is 5.92. The molecule has 1 fully saturated rings. The molecule has 2 amide bonds. The van der Waals surface area contributed by atoms with E-state index in [0.29, 0.717) is 39.1 Å². The van der Waals surface area contributed by atoms with E-state index in [1.165, 1.54) is 0 Å². The third-order valence-electron chi connectivity index (χ3n) is 5.02. The van der Waals surface area contributed by atoms with Crippen molar-refractivity contribution in [3.05, 3.63) is 30.3 Å². The van der Waals surface area contributed by atoms with Crippen LogP contribution in [0.3, 0.4) is 0 Å². The largest absolute Gasteiger partial charge is 0.491 e. The molecule has 0 unspecified atom stereocenters. The molecule has 1 saturated carbocycles. The van der Waals surface area contributed by atoms with Gasteiger partial charge in [0.05, 0.1) is 6.61 Å². The Hall–Kier alpha value is -2.08. The number of hydrogen-bond donors (Lipinski definition) is 1. The minimum atomic E-state index is -0.773. The molecule has 0 radical (unpaired) electrons. The van der Waals surface area contributed by atoms with Gasteiger partial charge < -0.3 is 19.7 Å². The molecule has 0 bridgehead atoms. The summed E-state index contributed by atoms with van der Waals surface area (Å²) in [6, 6.07) is 9.48. The van der Waals surface area contributed by atoms with Gasteiger partial charge in [-0.05, 0) is 38.8 Å². The van der Waals surface area contributed by atoms with Crippen LogP contribution in [0, 0.1) is 0 Å². The Morgan fingerprint density at radius 1 is 1.04 bits per heavy atom. The second-order valence-electron chi connectivity index (χ2n) is 6.88. The van der Waals surface area contributed by atoms with Gasteiger partial charge in [0.15, 0.2) is 0 Å². The van der Waals surface area contributed by atoms with Gasteiger partial charge in [0.1, 0.15) is 24.5 Å². The monoisotopic (exact) mass is 376 g/mol. The lowest BCUT2D eigenvalue weighted by atomic mass is 9.80. The molecule has 27 heavy (non-hydrogen) atoms. The van der Waals surface area contributed by atoms with Crippen molar-refractivity contribution < 1.29 is 19.1 Å². The van der Waals surface area contributed by atoms with E-state index in [9.17, 15) is 9.59 Å². The van der Waals surface area contributed by atoms with Gasteiger partial charge >= 0.3 is 0 Å². The van der Waals surface area contributed by atoms with Gasteiger partial charge in [-0.1, -0.05) is 37.5 Å². The predicted octanol–water partition coefficient (Wildman–Crippen LogP) is 2.77. The summed E-state index contributed by atoms with van der Waals surface area (Å²) in [6.07, 6.45) is 4.42. The van der Waals surface area contributed by atoms with E-state index in [0.717, 1.165) is 25.0 Å². The minimum absolute atomic E-state index is 0.0351. The molecule has 0 aliphatic heterocycles. The van der Waals surface area contributed by atoms with Gasteiger partial charge in [0.25, 0.3) is 0 Å². The molecule has 1 aromatic carbocycles. The highest BCUT2D eigenvalue weighted by atomic mass is 16.5. The van der Waals surface area contributed by atoms with Crippen molar-refractivity contribution in [3.8, 4) is 5.75 Å². The number of para-hydroxylation sites is 1. The van der Waals surface area contributed by atoms with Crippen LogP contribution in [0.2, 0.25) is 0 Å². The Balaban J connectivity index is 1.80. The molecule has 6 heteroatoms. The molecular weight excluding hydrogens is 344 g/mol. The number of benzene rings is 1. The summed E-state index contributed by atoms with van der Waals surface area (Å²) in [5.41, 5.74) is -0.773. The molecule has 0 heterocycles. The van der Waals surface area contributed by atoms with Crippen LogP contribution in [0.4, 0.5) is 0 Å². The molecule has 150 valence electrons. The van der Waals surface area contributed by atoms with Crippen LogP contribution in [0.5, 0.6) is 5.75 Å². The Bertz CT molecular complexity index is 581. The molecule has 0 atom stereocenters. The topological polar surface area (TPSA) is 67.9 Å². The van der Waals surface area contributed by atoms with E-state index in [1.807, 2.05) is 44.2 Å². The lowest BCUT2D eigenvalue weighted by Crippen LogP contribution is -2.61. The predicted molar refractivity (Wildman–Crippen MR) is 105 cm³/mol. The third-order valence-corrected chi connectivity index (χ3v) is 5.02. The lowest BCUT2D eigenvalue weighted by Gasteiger charge is -2.40. The molecule has 0 aromatic heterocycles. The Kier molecular flexibility index (Phi) is 8.58. The second-order valence-corrected chi connectivity index (χ2v) is 6.88. The summed E-state index contributed by atoms with van der Waals surface area (Å²) < 4.78 is 11.0. The molecule has 6 nitrogen and oxygen atoms in total. The van der Waals surface area contributed by atoms with Crippen molar-refractivity contribution in [3.63, 3.8) is 0 Å². The first kappa shape index (κ1) is 21.2. The number of nitrogens with zero attached hydrogens (tertiary/aromatic N) is 1. The van der Waals surface area contributed by atoms with E-state index in [2.05, 4.69) is 5.32 Å². The maximum atomic E-state index is 13.0. The molecule has 2 rings (SSSR count). The first-order chi connectivity index (χ1) is 13.1. The minimum Gasteiger partial charge on any atom is -0.491 e. The van der Waals surface area contributed by atoms with Gasteiger partial charge in [-0.2, -0.15) is 0 Å². The average molecular weight is 376 g/mol. The molecule has 1 aromatic rings. The van der Waals surface area contributed by atoms with Gasteiger partial charge in [-0.3, -0.25) is 9.59 Å². The molecule has 0 spiro atoms. The van der Waals surface area contributed by atoms with E-state index in [-0.39, 0.29) is 18.4 Å². The molecule has 1 N–H and O–H groups in total. The smallest absolute Gasteiger partial charge is 0.248 e. The number of hydrogen-bond acceptors (Lipinski definition) is 4. The Morgan fingerprint density at radius 3 is 2.33 bits per heavy atom. The van der Waals surface area contributed by atoms with Crippen molar-refractivity contribution >= 4 is 11.8 Å². The van der Waals surface area contributed by atoms with Gasteiger partial charge in [-0.15, -0.1) is 0 Å². The van der Waals surface area contributed by atoms with Crippen molar-refractivity contribution in [2.24, 2.45) is 0 Å². The summed E-state index contributed by atoms with van der Waals surface area (Å²) in [7, 11) is 0. The highest BCUT2D eigenvalue weighted by Gasteiger charge is 2.42. The molecule has 1 aliphatic rings. The first-order valence-corrected chi connectivity index (χ1v) is 9.97. The van der Waals surface area contributed by atoms with Crippen LogP contribution >= 0.6 is 0 Å². The normalized spacial score (nSPS) is 15.8. The van der Waals surface area contributed by atoms with Crippen molar-refractivity contribution in [2.45, 2.75) is 51.5 Å². The summed E-state index contributed by atoms with van der Waals surface area (Å²) in [6.45, 7) is 5.87. The van der Waals surface area contributed by atoms with E-state index in [4.69, 9.17) is 9.47 Å². The number of ether oxygens (including phenoxy) is 2. The number of carbonyl (C=O) groups excluding carboxylic acids is 2. The standard InChI is InChI=1S/C21H32N2O4/c1-3-23(4-2)20(25)21(13-9-6-10-14-21)22-19(24)17-26-15-16-27-18-11-7-5-8-12-18/h5,7-8,11-12H,3-4,6,9-10,13-17H2,1-2H3,(H,22,24). The maximum absolute atomic E-state index is 13.0. The summed E-state index contributed by atoms with van der Waals surface area (Å²) in [5.74, 6) is 0.571. The maximum Gasteiger partial charge on any atom is 0.248 e. The fourth-order valence-corrected chi connectivity index (χ4v) is 3.56. The number of likely N-dealkylation sites (N-methyl/N-ethyl adjacent to an activating group) is 1. The highest BCUT2D eigenvalue weighted by Crippen LogP contribution is 2.30. The number of rotatable bonds is 10. The third kappa shape index (κ3) is 6.24. The van der Waals surface area contributed by atoms with Gasteiger partial charge in [-0.25, -0.2) is 0 Å². The molecule has 0 saturated heterocycles. The van der Waals surface area contributed by atoms with E-state index in [1.54, 1.807) is 4.90 Å². The number of amides is 2. The zero-order valence-corrected chi connectivity index (χ0v) is 16.5. The van der Waals surface area contributed by atoms with Crippen LogP contribution in [-0.2, 0) is 14.3 Å². The van der Waals surface area contributed by atoms with Crippen molar-refractivity contribution in [1.82, 2.24) is 10.2 Å². The van der Waals surface area contributed by atoms with E-state index >= 15 is 0 Å². The van der Waals surface area contributed by atoms with Crippen LogP contribution < -0.4 is 10.1 Å². The lowest BCUT2D eigenvalue weighted by molar-refractivity contribution is -0.144. The van der Waals surface area contributed by atoms with Crippen molar-refractivity contribution in [1.29, 1.82) is 0 Å². The van der Waals surface area contributed by atoms with Crippen LogP contribution in [-0.4, -0.2) is 55.2 Å². The van der Waals surface area contributed by atoms with Crippen molar-refractivity contribution in [2.75, 3.05) is 32.9 Å². The first-order valence-electron chi connectivity index (χ1n) is 9.97. The average Bonchev–Trinajstić information content (AvgIpc) is 2.70. The van der Waals surface area contributed by atoms with Gasteiger partial charge in [0, 0.05) is 13.1 Å². The summed E-state index contributed by atoms with van der Waals surface area (Å²) >= 11 is 0. The van der Waals surface area contributed by atoms with Gasteiger partial charge in [0.2, 0.25) is 11.8 Å². The summed E-state index contributed by atoms with van der Waals surface area (Å²) in [5, 5.41) is 2.99. The SMILES string of the molecule is CCN(CC)C(=O)C1(NC(=O)COCCOc2ccccc2)CCCCC1. The molecule has 1 aliphatic carbocycles. The van der Waals surface area contributed by atoms with Crippen LogP contribution in [0.25, 0.3) is 0 Å². The number of carbonyl (C=O) groups is 2. The second kappa shape index (κ2) is 10.9. The Morgan fingerprint density at radius 2 is 1.70 bits per heavy atom. The fraction of sp³-hybridized carbons (Fsp3) is 0.619.